The Balaban J connectivity index is 0.729. The van der Waals surface area contributed by atoms with Crippen molar-refractivity contribution < 1.29 is 42.9 Å². The Morgan fingerprint density at radius 1 is 0.836 bits per heavy atom. The lowest BCUT2D eigenvalue weighted by Gasteiger charge is -2.17. The normalized spacial score (nSPS) is 11.4. The highest BCUT2D eigenvalue weighted by Crippen LogP contribution is 2.41. The molecule has 3 heterocycles. The molecule has 16 nitrogen and oxygen atoms in total. The van der Waals surface area contributed by atoms with Crippen molar-refractivity contribution in [2.24, 2.45) is 0 Å². The first-order valence-electron chi connectivity index (χ1n) is 19.4. The molecule has 0 saturated heterocycles. The molecule has 0 spiro atoms. The number of rotatable bonds is 22. The fourth-order valence-electron chi connectivity index (χ4n) is 6.44. The van der Waals surface area contributed by atoms with Crippen LogP contribution in [-0.2, 0) is 32.2 Å². The number of nitrogens with one attached hydrogen (secondary N) is 2. The van der Waals surface area contributed by atoms with E-state index in [9.17, 15) is 24.3 Å². The Bertz CT molecular complexity index is 2660. The predicted octanol–water partition coefficient (Wildman–Crippen LogP) is 5.71. The molecule has 3 aromatic carbocycles. The molecule has 316 valence electrons. The molecule has 5 aromatic rings. The van der Waals surface area contributed by atoms with Crippen molar-refractivity contribution in [2.45, 2.75) is 30.3 Å². The molecule has 0 radical (unpaired) electrons. The number of carbonyl (C=O) groups excluding carboxylic acids is 2. The van der Waals surface area contributed by atoms with E-state index in [0.29, 0.717) is 115 Å². The van der Waals surface area contributed by atoms with Gasteiger partial charge >= 0.3 is 5.97 Å². The third-order valence-electron chi connectivity index (χ3n) is 9.29. The van der Waals surface area contributed by atoms with Gasteiger partial charge in [0, 0.05) is 54.4 Å². The molecule has 61 heavy (non-hydrogen) atoms. The summed E-state index contributed by atoms with van der Waals surface area (Å²) in [5.74, 6) is -0.701. The van der Waals surface area contributed by atoms with Crippen LogP contribution in [0.4, 0.5) is 0 Å². The van der Waals surface area contributed by atoms with Crippen molar-refractivity contribution in [3.8, 4) is 28.2 Å². The number of benzene rings is 4. The second-order valence-electron chi connectivity index (χ2n) is 13.7. The molecular formula is C43H42N6O10S2. The number of thiazole rings is 1. The Morgan fingerprint density at radius 3 is 2.38 bits per heavy atom. The molecule has 2 aliphatic rings. The molecular weight excluding hydrogens is 825 g/mol. The van der Waals surface area contributed by atoms with E-state index in [1.807, 2.05) is 30.3 Å². The minimum atomic E-state index is -1.15. The van der Waals surface area contributed by atoms with E-state index >= 15 is 0 Å². The van der Waals surface area contributed by atoms with Gasteiger partial charge < -0.3 is 39.1 Å². The number of amides is 2. The fourth-order valence-corrected chi connectivity index (χ4v) is 7.57. The number of nitrogens with zero attached hydrogens (tertiary/aromatic N) is 4. The predicted molar refractivity (Wildman–Crippen MR) is 230 cm³/mol. The molecule has 2 amide bonds. The van der Waals surface area contributed by atoms with E-state index in [4.69, 9.17) is 23.4 Å². The largest absolute Gasteiger partial charge is 0.487 e. The maximum atomic E-state index is 13.2. The van der Waals surface area contributed by atoms with Crippen molar-refractivity contribution in [1.29, 1.82) is 0 Å². The van der Waals surface area contributed by atoms with Gasteiger partial charge in [-0.1, -0.05) is 23.4 Å². The van der Waals surface area contributed by atoms with Gasteiger partial charge in [0.2, 0.25) is 5.91 Å². The van der Waals surface area contributed by atoms with Crippen LogP contribution in [0.3, 0.4) is 0 Å². The lowest BCUT2D eigenvalue weighted by Crippen LogP contribution is -2.29. The number of aromatic carboxylic acids is 1. The fraction of sp³-hybridized carbons (Fsp3) is 0.279. The summed E-state index contributed by atoms with van der Waals surface area (Å²) in [5.41, 5.74) is 3.45. The number of fused-ring (bicyclic) bond motifs is 3. The quantitative estimate of drug-likeness (QED) is 0.0367. The molecule has 7 rings (SSSR count). The van der Waals surface area contributed by atoms with Gasteiger partial charge in [0.05, 0.1) is 48.4 Å². The first-order chi connectivity index (χ1) is 29.7. The third-order valence-corrected chi connectivity index (χ3v) is 10.5. The summed E-state index contributed by atoms with van der Waals surface area (Å²) < 4.78 is 31.7. The van der Waals surface area contributed by atoms with Crippen LogP contribution in [0.1, 0.15) is 39.3 Å². The van der Waals surface area contributed by atoms with Crippen LogP contribution >= 0.6 is 24.0 Å². The van der Waals surface area contributed by atoms with Crippen LogP contribution < -0.4 is 20.8 Å². The van der Waals surface area contributed by atoms with E-state index in [2.05, 4.69) is 38.6 Å². The molecule has 0 bridgehead atoms. The zero-order valence-corrected chi connectivity index (χ0v) is 34.5. The number of hydrogen-bond donors (Lipinski definition) is 4. The standard InChI is InChI=1S/C43H42N6O10S2/c50-29-8-11-33-37(22-29)59-36-6-2-1-5-32(36)40(33)34-21-27(7-10-31(34)42(53)54)41(52)45-14-4-16-56-18-20-57-19-17-55-15-3-13-44-39(51)25-49-24-28(47-48-49)26-58-30-9-12-35-38(23-30)61-43(60)46-35/h1-2,5-12,21-24H,3-4,13-20,25-26H2,(H,44,51)(H,45,52)(H,46,60)(H,53,54). The van der Waals surface area contributed by atoms with Crippen LogP contribution in [0.5, 0.6) is 5.75 Å². The van der Waals surface area contributed by atoms with Gasteiger partial charge in [0.25, 0.3) is 5.91 Å². The van der Waals surface area contributed by atoms with Gasteiger partial charge in [-0.25, -0.2) is 14.5 Å². The van der Waals surface area contributed by atoms with Gasteiger partial charge in [0.1, 0.15) is 40.3 Å². The van der Waals surface area contributed by atoms with E-state index in [1.54, 1.807) is 30.5 Å². The Labute approximate surface area is 358 Å². The molecule has 1 aliphatic carbocycles. The summed E-state index contributed by atoms with van der Waals surface area (Å²) in [6, 6.07) is 21.6. The van der Waals surface area contributed by atoms with Crippen LogP contribution in [0.2, 0.25) is 0 Å². The van der Waals surface area contributed by atoms with E-state index in [0.717, 1.165) is 10.2 Å². The first-order valence-corrected chi connectivity index (χ1v) is 20.7. The summed E-state index contributed by atoms with van der Waals surface area (Å²) >= 11 is 5.76. The third kappa shape index (κ3) is 11.6. The van der Waals surface area contributed by atoms with Crippen molar-refractivity contribution >= 4 is 62.9 Å². The SMILES string of the molecule is O=C(Cn1cc(COc2ccc3nc(S)sc3c2)nn1)NCCCOCCOCCOCCCNC(=O)c1ccc(C(=O)O)c(-c2c3ccc(=O)cc-3oc3ccccc23)c1. The second-order valence-corrected chi connectivity index (χ2v) is 15.4. The number of carbonyl (C=O) groups is 3. The van der Waals surface area contributed by atoms with Gasteiger partial charge in [-0.2, -0.15) is 0 Å². The Kier molecular flexibility index (Phi) is 14.7. The van der Waals surface area contributed by atoms with Crippen LogP contribution in [0, 0.1) is 0 Å². The Hall–Kier alpha value is -6.18. The molecule has 2 aromatic heterocycles. The number of ether oxygens (including phenoxy) is 4. The highest BCUT2D eigenvalue weighted by molar-refractivity contribution is 7.82. The Morgan fingerprint density at radius 2 is 1.59 bits per heavy atom. The van der Waals surface area contributed by atoms with Crippen molar-refractivity contribution in [3.05, 3.63) is 112 Å². The zero-order chi connectivity index (χ0) is 42.6. The zero-order valence-electron chi connectivity index (χ0n) is 32.8. The summed E-state index contributed by atoms with van der Waals surface area (Å²) in [6.45, 7) is 3.47. The van der Waals surface area contributed by atoms with E-state index < -0.39 is 5.97 Å². The monoisotopic (exact) mass is 866 g/mol. The number of thiol groups is 1. The second kappa shape index (κ2) is 20.9. The number of para-hydroxylation sites is 1. The summed E-state index contributed by atoms with van der Waals surface area (Å²) in [6.07, 6.45) is 2.86. The maximum Gasteiger partial charge on any atom is 0.336 e. The van der Waals surface area contributed by atoms with Crippen molar-refractivity contribution in [2.75, 3.05) is 52.7 Å². The summed E-state index contributed by atoms with van der Waals surface area (Å²) in [7, 11) is 0. The van der Waals surface area contributed by atoms with Crippen LogP contribution in [-0.4, -0.2) is 95.6 Å². The number of carboxylic acid groups (broad SMARTS) is 1. The van der Waals surface area contributed by atoms with Gasteiger partial charge in [-0.05, 0) is 73.0 Å². The minimum Gasteiger partial charge on any atom is -0.487 e. The topological polar surface area (TPSA) is 206 Å². The summed E-state index contributed by atoms with van der Waals surface area (Å²) in [5, 5.41) is 24.5. The number of carboxylic acids is 1. The summed E-state index contributed by atoms with van der Waals surface area (Å²) in [4.78, 5) is 54.2. The van der Waals surface area contributed by atoms with Gasteiger partial charge in [0.15, 0.2) is 5.43 Å². The average molecular weight is 867 g/mol. The molecule has 0 saturated carbocycles. The first kappa shape index (κ1) is 42.9. The van der Waals surface area contributed by atoms with E-state index in [-0.39, 0.29) is 41.5 Å². The molecule has 0 fully saturated rings. The maximum absolute atomic E-state index is 13.2. The van der Waals surface area contributed by atoms with Crippen LogP contribution in [0.25, 0.3) is 43.6 Å². The van der Waals surface area contributed by atoms with Gasteiger partial charge in [-0.3, -0.25) is 14.4 Å². The minimum absolute atomic E-state index is 0.0118. The van der Waals surface area contributed by atoms with Crippen molar-refractivity contribution in [3.63, 3.8) is 0 Å². The molecule has 18 heteroatoms. The molecule has 0 unspecified atom stereocenters. The lowest BCUT2D eigenvalue weighted by molar-refractivity contribution is -0.121. The molecule has 1 aliphatic heterocycles. The van der Waals surface area contributed by atoms with Gasteiger partial charge in [-0.15, -0.1) is 29.1 Å². The average Bonchev–Trinajstić information content (AvgIpc) is 3.87. The van der Waals surface area contributed by atoms with Crippen LogP contribution in [0.15, 0.2) is 98.6 Å². The molecule has 3 N–H and O–H groups in total. The lowest BCUT2D eigenvalue weighted by atomic mass is 9.89. The van der Waals surface area contributed by atoms with E-state index in [1.165, 1.54) is 40.3 Å². The number of aromatic nitrogens is 4. The highest BCUT2D eigenvalue weighted by atomic mass is 32.2. The van der Waals surface area contributed by atoms with Crippen molar-refractivity contribution in [1.82, 2.24) is 30.6 Å². The number of hydrogen-bond acceptors (Lipinski definition) is 14. The highest BCUT2D eigenvalue weighted by Gasteiger charge is 2.23. The smallest absolute Gasteiger partial charge is 0.336 e. The molecule has 0 atom stereocenters.